The minimum absolute atomic E-state index is 0. The quantitative estimate of drug-likeness (QED) is 0.583. The van der Waals surface area contributed by atoms with Crippen molar-refractivity contribution in [3.05, 3.63) is 0 Å². The fourth-order valence-corrected chi connectivity index (χ4v) is 2.28. The van der Waals surface area contributed by atoms with Crippen LogP contribution in [0.5, 0.6) is 0 Å². The van der Waals surface area contributed by atoms with Crippen molar-refractivity contribution in [3.8, 4) is 0 Å². The highest BCUT2D eigenvalue weighted by Gasteiger charge is 2.12. The Bertz CT molecular complexity index is 48.3. The van der Waals surface area contributed by atoms with E-state index in [9.17, 15) is 0 Å². The third-order valence-corrected chi connectivity index (χ3v) is 3.94. The Morgan fingerprint density at radius 1 is 1.11 bits per heavy atom. The lowest BCUT2D eigenvalue weighted by Crippen LogP contribution is -2.14. The van der Waals surface area contributed by atoms with Crippen LogP contribution in [0.2, 0.25) is 10.6 Å². The molecule has 0 aromatic rings. The summed E-state index contributed by atoms with van der Waals surface area (Å²) in [5.41, 5.74) is 0. The van der Waals surface area contributed by atoms with Crippen molar-refractivity contribution >= 4 is 26.9 Å². The first-order valence-electron chi connectivity index (χ1n) is 3.46. The SMILES string of the molecule is CC[O][Al]([CH2]C)[CH2]C.Cl. The van der Waals surface area contributed by atoms with E-state index in [1.54, 1.807) is 0 Å². The summed E-state index contributed by atoms with van der Waals surface area (Å²) in [6.45, 7) is 7.43. The van der Waals surface area contributed by atoms with E-state index in [0.717, 1.165) is 6.61 Å². The van der Waals surface area contributed by atoms with E-state index in [4.69, 9.17) is 3.79 Å². The molecule has 9 heavy (non-hydrogen) atoms. The molecule has 0 spiro atoms. The second-order valence-corrected chi connectivity index (χ2v) is 5.10. The van der Waals surface area contributed by atoms with Crippen LogP contribution >= 0.6 is 12.4 Å². The van der Waals surface area contributed by atoms with Gasteiger partial charge < -0.3 is 3.79 Å². The van der Waals surface area contributed by atoms with Crippen molar-refractivity contribution in [2.75, 3.05) is 6.61 Å². The van der Waals surface area contributed by atoms with Gasteiger partial charge in [-0.3, -0.25) is 0 Å². The first kappa shape index (κ1) is 12.5. The zero-order valence-electron chi connectivity index (χ0n) is 6.52. The Hall–Kier alpha value is 0.782. The lowest BCUT2D eigenvalue weighted by Gasteiger charge is -2.04. The number of rotatable bonds is 4. The number of hydrogen-bond acceptors (Lipinski definition) is 1. The largest absolute Gasteiger partial charge is 0.501 e. The summed E-state index contributed by atoms with van der Waals surface area (Å²) in [5.74, 6) is 0. The van der Waals surface area contributed by atoms with Gasteiger partial charge in [-0.2, -0.15) is 0 Å². The zero-order chi connectivity index (χ0) is 6.41. The van der Waals surface area contributed by atoms with Gasteiger partial charge in [-0.15, -0.1) is 12.4 Å². The molecule has 0 aromatic heterocycles. The van der Waals surface area contributed by atoms with E-state index in [-0.39, 0.29) is 12.4 Å². The molecule has 0 heterocycles. The van der Waals surface area contributed by atoms with Crippen LogP contribution in [0.1, 0.15) is 20.8 Å². The molecule has 0 saturated carbocycles. The molecule has 56 valence electrons. The maximum atomic E-state index is 5.48. The average Bonchev–Trinajstić information content (AvgIpc) is 1.83. The Labute approximate surface area is 68.9 Å². The van der Waals surface area contributed by atoms with Crippen LogP contribution in [0.25, 0.3) is 0 Å². The van der Waals surface area contributed by atoms with E-state index >= 15 is 0 Å². The van der Waals surface area contributed by atoms with Crippen molar-refractivity contribution < 1.29 is 3.79 Å². The van der Waals surface area contributed by atoms with Gasteiger partial charge in [0.2, 0.25) is 0 Å². The van der Waals surface area contributed by atoms with Gasteiger partial charge in [0.15, 0.2) is 0 Å². The second kappa shape index (κ2) is 8.78. The summed E-state index contributed by atoms with van der Waals surface area (Å²) >= 11 is -0.692. The van der Waals surface area contributed by atoms with Crippen LogP contribution in [-0.2, 0) is 3.79 Å². The number of hydrogen-bond donors (Lipinski definition) is 0. The van der Waals surface area contributed by atoms with Crippen LogP contribution in [0.3, 0.4) is 0 Å². The summed E-state index contributed by atoms with van der Waals surface area (Å²) in [5, 5.41) is 2.56. The standard InChI is InChI=1S/C2H5O.2C2H5.Al.ClH/c1-2-3;2*1-2;;/h2H2,1H3;2*1H2,2H3;;1H/q-1;;;+1;. The van der Waals surface area contributed by atoms with E-state index in [1.807, 2.05) is 0 Å². The first-order chi connectivity index (χ1) is 3.85. The summed E-state index contributed by atoms with van der Waals surface area (Å²) in [6.07, 6.45) is 0. The van der Waals surface area contributed by atoms with Crippen molar-refractivity contribution in [1.82, 2.24) is 0 Å². The summed E-state index contributed by atoms with van der Waals surface area (Å²) in [6, 6.07) is 0. The predicted octanol–water partition coefficient (Wildman–Crippen LogP) is 2.48. The fourth-order valence-electron chi connectivity index (χ4n) is 0.760. The highest BCUT2D eigenvalue weighted by Crippen LogP contribution is 1.98. The topological polar surface area (TPSA) is 9.23 Å². The third-order valence-electron chi connectivity index (χ3n) is 1.31. The van der Waals surface area contributed by atoms with E-state index in [0.29, 0.717) is 0 Å². The Balaban J connectivity index is 0. The molecule has 0 bridgehead atoms. The lowest BCUT2D eigenvalue weighted by molar-refractivity contribution is 0.343. The molecule has 3 heteroatoms. The molecule has 0 aliphatic heterocycles. The lowest BCUT2D eigenvalue weighted by atomic mass is 10.9. The molecule has 0 aromatic carbocycles. The Morgan fingerprint density at radius 2 is 1.56 bits per heavy atom. The van der Waals surface area contributed by atoms with Crippen LogP contribution in [0.4, 0.5) is 0 Å². The Kier molecular flexibility index (Phi) is 12.2. The monoisotopic (exact) mass is 166 g/mol. The molecule has 0 aliphatic carbocycles. The normalized spacial score (nSPS) is 8.33. The maximum absolute atomic E-state index is 5.48. The van der Waals surface area contributed by atoms with Gasteiger partial charge in [0.25, 0.3) is 0 Å². The molecule has 0 fully saturated rings. The first-order valence-corrected chi connectivity index (χ1v) is 5.57. The smallest absolute Gasteiger partial charge is 0.460 e. The second-order valence-electron chi connectivity index (χ2n) is 1.89. The van der Waals surface area contributed by atoms with Crippen LogP contribution in [0, 0.1) is 0 Å². The van der Waals surface area contributed by atoms with Gasteiger partial charge in [-0.25, -0.2) is 0 Å². The maximum Gasteiger partial charge on any atom is 0.460 e. The van der Waals surface area contributed by atoms with Crippen molar-refractivity contribution in [2.24, 2.45) is 0 Å². The van der Waals surface area contributed by atoms with E-state index in [2.05, 4.69) is 20.8 Å². The molecular formula is C6H16AlClO. The van der Waals surface area contributed by atoms with Crippen molar-refractivity contribution in [3.63, 3.8) is 0 Å². The molecule has 1 nitrogen and oxygen atoms in total. The summed E-state index contributed by atoms with van der Waals surface area (Å²) in [7, 11) is 0. The molecule has 0 radical (unpaired) electrons. The van der Waals surface area contributed by atoms with Crippen molar-refractivity contribution in [1.29, 1.82) is 0 Å². The predicted molar refractivity (Wildman–Crippen MR) is 45.6 cm³/mol. The van der Waals surface area contributed by atoms with Crippen molar-refractivity contribution in [2.45, 2.75) is 31.3 Å². The van der Waals surface area contributed by atoms with Crippen LogP contribution in [0.15, 0.2) is 0 Å². The highest BCUT2D eigenvalue weighted by atomic mass is 35.5. The molecular weight excluding hydrogens is 150 g/mol. The van der Waals surface area contributed by atoms with E-state index in [1.165, 1.54) is 10.6 Å². The minimum atomic E-state index is -0.692. The average molecular weight is 167 g/mol. The van der Waals surface area contributed by atoms with Gasteiger partial charge in [-0.05, 0) is 6.92 Å². The molecule has 0 saturated heterocycles. The molecule has 0 unspecified atom stereocenters. The fraction of sp³-hybridized carbons (Fsp3) is 1.00. The molecule has 0 amide bonds. The molecule has 0 aliphatic rings. The summed E-state index contributed by atoms with van der Waals surface area (Å²) < 4.78 is 5.48. The number of halogens is 1. The third kappa shape index (κ3) is 6.67. The molecule has 0 N–H and O–H groups in total. The van der Waals surface area contributed by atoms with Gasteiger partial charge in [0, 0.05) is 6.61 Å². The van der Waals surface area contributed by atoms with Gasteiger partial charge in [0.1, 0.15) is 0 Å². The van der Waals surface area contributed by atoms with Crippen LogP contribution in [-0.4, -0.2) is 21.1 Å². The van der Waals surface area contributed by atoms with Gasteiger partial charge in [-0.1, -0.05) is 24.4 Å². The molecule has 0 atom stereocenters. The highest BCUT2D eigenvalue weighted by molar-refractivity contribution is 6.51. The minimum Gasteiger partial charge on any atom is -0.501 e. The zero-order valence-corrected chi connectivity index (χ0v) is 8.49. The van der Waals surface area contributed by atoms with Gasteiger partial charge in [0.05, 0.1) is 0 Å². The Morgan fingerprint density at radius 3 is 1.67 bits per heavy atom. The van der Waals surface area contributed by atoms with Crippen LogP contribution < -0.4 is 0 Å². The van der Waals surface area contributed by atoms with Gasteiger partial charge >= 0.3 is 14.5 Å². The summed E-state index contributed by atoms with van der Waals surface area (Å²) in [4.78, 5) is 0. The van der Waals surface area contributed by atoms with E-state index < -0.39 is 14.5 Å². The molecule has 0 rings (SSSR count).